The number of likely N-dealkylation sites (tertiary alicyclic amines) is 1. The summed E-state index contributed by atoms with van der Waals surface area (Å²) in [6, 6.07) is 7.57. The van der Waals surface area contributed by atoms with Crippen molar-refractivity contribution in [3.63, 3.8) is 0 Å². The molecule has 29 heavy (non-hydrogen) atoms. The summed E-state index contributed by atoms with van der Waals surface area (Å²) in [4.78, 5) is 29.9. The average molecular weight is 517 g/mol. The second-order valence-electron chi connectivity index (χ2n) is 6.76. The first-order valence-electron chi connectivity index (χ1n) is 9.88. The summed E-state index contributed by atoms with van der Waals surface area (Å²) in [7, 11) is 0. The predicted octanol–water partition coefficient (Wildman–Crippen LogP) is 2.47. The Balaban J connectivity index is 0.00000420. The SMILES string of the molecule is CCCNC(=O)c1cccc(CN=C(N)NC2CCN(C(=O)OCC)CC2)c1.I. The van der Waals surface area contributed by atoms with E-state index in [0.717, 1.165) is 24.8 Å². The highest BCUT2D eigenvalue weighted by atomic mass is 127. The molecular weight excluding hydrogens is 485 g/mol. The van der Waals surface area contributed by atoms with Gasteiger partial charge in [-0.3, -0.25) is 4.79 Å². The van der Waals surface area contributed by atoms with Crippen LogP contribution in [-0.4, -0.2) is 55.1 Å². The van der Waals surface area contributed by atoms with Crippen molar-refractivity contribution < 1.29 is 14.3 Å². The number of nitrogens with two attached hydrogens (primary N) is 1. The van der Waals surface area contributed by atoms with Gasteiger partial charge in [-0.2, -0.15) is 0 Å². The summed E-state index contributed by atoms with van der Waals surface area (Å²) in [5.41, 5.74) is 7.56. The fourth-order valence-corrected chi connectivity index (χ4v) is 3.00. The number of halogens is 1. The number of amides is 2. The molecule has 0 atom stereocenters. The van der Waals surface area contributed by atoms with Crippen LogP contribution < -0.4 is 16.4 Å². The first-order valence-corrected chi connectivity index (χ1v) is 9.88. The van der Waals surface area contributed by atoms with Crippen LogP contribution in [0.5, 0.6) is 0 Å². The largest absolute Gasteiger partial charge is 0.450 e. The zero-order valence-electron chi connectivity index (χ0n) is 17.1. The van der Waals surface area contributed by atoms with Gasteiger partial charge in [-0.05, 0) is 43.9 Å². The summed E-state index contributed by atoms with van der Waals surface area (Å²) in [5.74, 6) is 0.294. The van der Waals surface area contributed by atoms with E-state index in [1.54, 1.807) is 17.9 Å². The molecule has 2 amide bonds. The molecule has 0 spiro atoms. The van der Waals surface area contributed by atoms with Crippen LogP contribution in [0.25, 0.3) is 0 Å². The maximum atomic E-state index is 12.1. The number of aliphatic imine (C=N–C) groups is 1. The average Bonchev–Trinajstić information content (AvgIpc) is 2.71. The number of nitrogens with one attached hydrogen (secondary N) is 2. The fraction of sp³-hybridized carbons (Fsp3) is 0.550. The smallest absolute Gasteiger partial charge is 0.409 e. The quantitative estimate of drug-likeness (QED) is 0.293. The molecule has 1 saturated heterocycles. The molecule has 1 aliphatic rings. The van der Waals surface area contributed by atoms with Crippen LogP contribution in [0, 0.1) is 0 Å². The molecule has 0 aliphatic carbocycles. The van der Waals surface area contributed by atoms with Gasteiger partial charge in [0, 0.05) is 31.2 Å². The minimum absolute atomic E-state index is 0. The Bertz CT molecular complexity index is 690. The normalized spacial score (nSPS) is 14.7. The highest BCUT2D eigenvalue weighted by Gasteiger charge is 2.23. The zero-order chi connectivity index (χ0) is 20.4. The van der Waals surface area contributed by atoms with Crippen LogP contribution in [0.15, 0.2) is 29.3 Å². The van der Waals surface area contributed by atoms with Crippen molar-refractivity contribution in [1.29, 1.82) is 0 Å². The third-order valence-electron chi connectivity index (χ3n) is 4.53. The number of carbonyl (C=O) groups is 2. The van der Waals surface area contributed by atoms with E-state index in [2.05, 4.69) is 15.6 Å². The predicted molar refractivity (Wildman–Crippen MR) is 125 cm³/mol. The fourth-order valence-electron chi connectivity index (χ4n) is 3.00. The van der Waals surface area contributed by atoms with Gasteiger partial charge in [0.1, 0.15) is 0 Å². The summed E-state index contributed by atoms with van der Waals surface area (Å²) in [6.45, 7) is 6.54. The van der Waals surface area contributed by atoms with Gasteiger partial charge in [0.2, 0.25) is 0 Å². The van der Waals surface area contributed by atoms with Crippen LogP contribution in [0.3, 0.4) is 0 Å². The molecule has 0 bridgehead atoms. The third kappa shape index (κ3) is 8.46. The Kier molecular flexibility index (Phi) is 11.4. The van der Waals surface area contributed by atoms with E-state index < -0.39 is 0 Å². The Labute approximate surface area is 189 Å². The van der Waals surface area contributed by atoms with Crippen LogP contribution in [0.2, 0.25) is 0 Å². The Morgan fingerprint density at radius 2 is 2.00 bits per heavy atom. The lowest BCUT2D eigenvalue weighted by molar-refractivity contribution is 0.0949. The number of nitrogens with zero attached hydrogens (tertiary/aromatic N) is 2. The van der Waals surface area contributed by atoms with Gasteiger partial charge in [0.15, 0.2) is 5.96 Å². The number of carbonyl (C=O) groups excluding carboxylic acids is 2. The standard InChI is InChI=1S/C20H31N5O3.HI/c1-3-10-22-18(26)16-7-5-6-15(13-16)14-23-19(21)24-17-8-11-25(12-9-17)20(27)28-4-2;/h5-7,13,17H,3-4,8-12,14H2,1-2H3,(H,22,26)(H3,21,23,24);1H. The number of hydrogen-bond donors (Lipinski definition) is 3. The minimum atomic E-state index is -0.259. The number of guanidine groups is 1. The van der Waals surface area contributed by atoms with Crippen molar-refractivity contribution >= 4 is 41.9 Å². The number of hydrogen-bond acceptors (Lipinski definition) is 4. The van der Waals surface area contributed by atoms with Gasteiger partial charge >= 0.3 is 6.09 Å². The van der Waals surface area contributed by atoms with Crippen molar-refractivity contribution in [3.8, 4) is 0 Å². The maximum absolute atomic E-state index is 12.1. The molecule has 2 rings (SSSR count). The monoisotopic (exact) mass is 517 g/mol. The summed E-state index contributed by atoms with van der Waals surface area (Å²) < 4.78 is 5.02. The van der Waals surface area contributed by atoms with E-state index in [0.29, 0.717) is 44.3 Å². The van der Waals surface area contributed by atoms with Crippen LogP contribution in [0.1, 0.15) is 49.0 Å². The molecule has 1 fully saturated rings. The molecule has 0 aromatic heterocycles. The summed E-state index contributed by atoms with van der Waals surface area (Å²) in [6.07, 6.45) is 2.23. The number of rotatable bonds is 7. The van der Waals surface area contributed by atoms with Crippen LogP contribution >= 0.6 is 24.0 Å². The molecule has 0 unspecified atom stereocenters. The molecule has 4 N–H and O–H groups in total. The van der Waals surface area contributed by atoms with E-state index in [1.807, 2.05) is 25.1 Å². The Morgan fingerprint density at radius 1 is 1.28 bits per heavy atom. The molecular formula is C20H32IN5O3. The minimum Gasteiger partial charge on any atom is -0.450 e. The van der Waals surface area contributed by atoms with E-state index in [-0.39, 0.29) is 42.0 Å². The topological polar surface area (TPSA) is 109 Å². The van der Waals surface area contributed by atoms with Gasteiger partial charge in [-0.15, -0.1) is 24.0 Å². The third-order valence-corrected chi connectivity index (χ3v) is 4.53. The highest BCUT2D eigenvalue weighted by Crippen LogP contribution is 2.12. The number of ether oxygens (including phenoxy) is 1. The van der Waals surface area contributed by atoms with Gasteiger partial charge in [0.25, 0.3) is 5.91 Å². The Hall–Kier alpha value is -2.04. The van der Waals surface area contributed by atoms with Gasteiger partial charge in [-0.1, -0.05) is 19.1 Å². The molecule has 1 aromatic carbocycles. The number of benzene rings is 1. The molecule has 162 valence electrons. The molecule has 0 radical (unpaired) electrons. The molecule has 8 nitrogen and oxygen atoms in total. The first-order chi connectivity index (χ1) is 13.5. The Morgan fingerprint density at radius 3 is 2.66 bits per heavy atom. The van der Waals surface area contributed by atoms with Crippen molar-refractivity contribution in [2.45, 2.75) is 45.7 Å². The lowest BCUT2D eigenvalue weighted by atomic mass is 10.1. The van der Waals surface area contributed by atoms with E-state index >= 15 is 0 Å². The zero-order valence-corrected chi connectivity index (χ0v) is 19.5. The molecule has 1 aromatic rings. The molecule has 9 heteroatoms. The second-order valence-corrected chi connectivity index (χ2v) is 6.76. The molecule has 0 saturated carbocycles. The highest BCUT2D eigenvalue weighted by molar-refractivity contribution is 14.0. The molecule has 1 heterocycles. The van der Waals surface area contributed by atoms with Crippen molar-refractivity contribution in [2.75, 3.05) is 26.2 Å². The second kappa shape index (κ2) is 13.2. The van der Waals surface area contributed by atoms with E-state index in [1.165, 1.54) is 0 Å². The van der Waals surface area contributed by atoms with Gasteiger partial charge in [0.05, 0.1) is 13.2 Å². The lowest BCUT2D eigenvalue weighted by Crippen LogP contribution is -2.48. The van der Waals surface area contributed by atoms with Crippen LogP contribution in [0.4, 0.5) is 4.79 Å². The maximum Gasteiger partial charge on any atom is 0.409 e. The molecule has 1 aliphatic heterocycles. The van der Waals surface area contributed by atoms with Gasteiger partial charge in [-0.25, -0.2) is 9.79 Å². The van der Waals surface area contributed by atoms with Crippen molar-refractivity contribution in [3.05, 3.63) is 35.4 Å². The van der Waals surface area contributed by atoms with E-state index in [9.17, 15) is 9.59 Å². The lowest BCUT2D eigenvalue weighted by Gasteiger charge is -2.31. The summed E-state index contributed by atoms with van der Waals surface area (Å²) >= 11 is 0. The summed E-state index contributed by atoms with van der Waals surface area (Å²) in [5, 5.41) is 6.08. The number of piperidine rings is 1. The van der Waals surface area contributed by atoms with E-state index in [4.69, 9.17) is 10.5 Å². The van der Waals surface area contributed by atoms with Crippen molar-refractivity contribution in [2.24, 2.45) is 10.7 Å². The van der Waals surface area contributed by atoms with Crippen molar-refractivity contribution in [1.82, 2.24) is 15.5 Å². The van der Waals surface area contributed by atoms with Crippen LogP contribution in [-0.2, 0) is 11.3 Å². The van der Waals surface area contributed by atoms with Gasteiger partial charge < -0.3 is 26.0 Å². The first kappa shape index (κ1) is 25.0.